The van der Waals surface area contributed by atoms with E-state index in [1.807, 2.05) is 65.8 Å². The quantitative estimate of drug-likeness (QED) is 0.0429. The Labute approximate surface area is 316 Å². The molecule has 0 fully saturated rings. The Hall–Kier alpha value is -3.59. The van der Waals surface area contributed by atoms with Crippen molar-refractivity contribution < 1.29 is 35.9 Å². The molecule has 0 spiro atoms. The molecule has 1 amide bonds. The van der Waals surface area contributed by atoms with E-state index in [4.69, 9.17) is 0 Å². The van der Waals surface area contributed by atoms with Crippen LogP contribution in [0.5, 0.6) is 0 Å². The van der Waals surface area contributed by atoms with Gasteiger partial charge in [-0.15, -0.1) is 11.8 Å². The first-order valence-corrected chi connectivity index (χ1v) is 19.9. The smallest absolute Gasteiger partial charge is 0.283 e. The molecule has 0 N–H and O–H groups in total. The predicted octanol–water partition coefficient (Wildman–Crippen LogP) is 9.17. The van der Waals surface area contributed by atoms with Crippen molar-refractivity contribution in [2.45, 2.75) is 97.3 Å². The lowest BCUT2D eigenvalue weighted by molar-refractivity contribution is -0.144. The van der Waals surface area contributed by atoms with Gasteiger partial charge in [-0.05, 0) is 90.0 Å². The number of hydrogen-bond donors (Lipinski definition) is 0. The van der Waals surface area contributed by atoms with E-state index in [0.29, 0.717) is 36.3 Å². The van der Waals surface area contributed by atoms with Crippen LogP contribution in [-0.4, -0.2) is 63.7 Å². The molecule has 0 aliphatic carbocycles. The molecule has 1 aromatic heterocycles. The second-order valence-corrected chi connectivity index (χ2v) is 13.7. The second kappa shape index (κ2) is 19.7. The van der Waals surface area contributed by atoms with Crippen molar-refractivity contribution in [3.8, 4) is 11.1 Å². The van der Waals surface area contributed by atoms with E-state index >= 15 is 0 Å². The number of hydrogen-bond acceptors (Lipinski definition) is 7. The van der Waals surface area contributed by atoms with Crippen molar-refractivity contribution in [1.29, 1.82) is 0 Å². The number of nitrogens with zero attached hydrogens (tertiary/aromatic N) is 4. The van der Waals surface area contributed by atoms with Gasteiger partial charge in [0, 0.05) is 25.4 Å². The van der Waals surface area contributed by atoms with Crippen LogP contribution in [0.3, 0.4) is 0 Å². The van der Waals surface area contributed by atoms with Crippen molar-refractivity contribution in [2.24, 2.45) is 12.1 Å². The van der Waals surface area contributed by atoms with Gasteiger partial charge in [0.15, 0.2) is 11.4 Å². The molecule has 0 atom stereocenters. The summed E-state index contributed by atoms with van der Waals surface area (Å²) in [7, 11) is 2.34. The SMILES string of the molecule is CCc1cc(CC)c(-c2c(SC)c(C(F)(F)F)nn(C)c2=O)c(CC)c1.CCc1cc(CC)c(C(=O)C(=O)N(C)N=C(CSC)C(F)(F)F)c(CC)c1. The number of carbonyl (C=O) groups excluding carboxylic acids is 2. The van der Waals surface area contributed by atoms with Gasteiger partial charge in [-0.25, -0.2) is 9.69 Å². The van der Waals surface area contributed by atoms with Crippen molar-refractivity contribution in [3.63, 3.8) is 0 Å². The van der Waals surface area contributed by atoms with E-state index in [1.165, 1.54) is 13.3 Å². The van der Waals surface area contributed by atoms with E-state index in [0.717, 1.165) is 81.5 Å². The Morgan fingerprint density at radius 2 is 1.23 bits per heavy atom. The van der Waals surface area contributed by atoms with Gasteiger partial charge in [-0.3, -0.25) is 14.4 Å². The fourth-order valence-electron chi connectivity index (χ4n) is 5.82. The lowest BCUT2D eigenvalue weighted by Gasteiger charge is -2.20. The highest BCUT2D eigenvalue weighted by Gasteiger charge is 2.39. The zero-order valence-corrected chi connectivity index (χ0v) is 33.5. The minimum Gasteiger partial charge on any atom is -0.283 e. The van der Waals surface area contributed by atoms with Crippen molar-refractivity contribution >= 4 is 40.9 Å². The molecular weight excluding hydrogens is 739 g/mol. The molecule has 3 rings (SSSR count). The van der Waals surface area contributed by atoms with Gasteiger partial charge in [0.1, 0.15) is 0 Å². The number of ketones is 1. The number of aryl methyl sites for hydroxylation is 7. The average Bonchev–Trinajstić information content (AvgIpc) is 3.12. The fraction of sp³-hybridized carbons (Fsp3) is 0.500. The summed E-state index contributed by atoms with van der Waals surface area (Å²) in [6.07, 6.45) is -2.25. The van der Waals surface area contributed by atoms with Gasteiger partial charge >= 0.3 is 18.3 Å². The predicted molar refractivity (Wildman–Crippen MR) is 203 cm³/mol. The number of likely N-dealkylation sites (N-methyl/N-ethyl adjacent to an activating group) is 1. The first-order valence-electron chi connectivity index (χ1n) is 17.3. The summed E-state index contributed by atoms with van der Waals surface area (Å²) in [4.78, 5) is 38.0. The van der Waals surface area contributed by atoms with Crippen molar-refractivity contribution in [3.05, 3.63) is 79.3 Å². The number of amides is 1. The van der Waals surface area contributed by atoms with Gasteiger partial charge in [0.05, 0.1) is 10.5 Å². The molecule has 7 nitrogen and oxygen atoms in total. The van der Waals surface area contributed by atoms with Crippen LogP contribution in [0.15, 0.2) is 39.1 Å². The Morgan fingerprint density at radius 3 is 1.58 bits per heavy atom. The number of hydrazone groups is 1. The summed E-state index contributed by atoms with van der Waals surface area (Å²) in [5.74, 6) is -2.31. The third kappa shape index (κ3) is 11.0. The number of Topliss-reactive ketones (excluding diaryl/α,β-unsaturated/α-hetero) is 1. The lowest BCUT2D eigenvalue weighted by atomic mass is 9.89. The van der Waals surface area contributed by atoms with E-state index in [9.17, 15) is 40.7 Å². The minimum atomic E-state index is -4.66. The summed E-state index contributed by atoms with van der Waals surface area (Å²) >= 11 is 1.86. The van der Waals surface area contributed by atoms with E-state index in [1.54, 1.807) is 6.26 Å². The molecule has 0 saturated carbocycles. The van der Waals surface area contributed by atoms with Crippen molar-refractivity contribution in [1.82, 2.24) is 14.8 Å². The number of thioether (sulfide) groups is 2. The summed E-state index contributed by atoms with van der Waals surface area (Å²) in [5.41, 5.74) is 3.82. The molecule has 0 unspecified atom stereocenters. The zero-order chi connectivity index (χ0) is 40.4. The normalized spacial score (nSPS) is 12.0. The van der Waals surface area contributed by atoms with Crippen LogP contribution in [0.1, 0.15) is 91.0 Å². The van der Waals surface area contributed by atoms with Crippen LogP contribution in [0.25, 0.3) is 11.1 Å². The van der Waals surface area contributed by atoms with E-state index in [-0.39, 0.29) is 16.0 Å². The van der Waals surface area contributed by atoms with E-state index in [2.05, 4.69) is 10.2 Å². The molecule has 0 saturated heterocycles. The van der Waals surface area contributed by atoms with Gasteiger partial charge in [0.2, 0.25) is 0 Å². The zero-order valence-electron chi connectivity index (χ0n) is 31.9. The highest BCUT2D eigenvalue weighted by molar-refractivity contribution is 7.99. The first kappa shape index (κ1) is 45.6. The third-order valence-corrected chi connectivity index (χ3v) is 9.95. The number of alkyl halides is 6. The Morgan fingerprint density at radius 1 is 0.774 bits per heavy atom. The van der Waals surface area contributed by atoms with Gasteiger partial charge in [-0.1, -0.05) is 65.8 Å². The van der Waals surface area contributed by atoms with Crippen LogP contribution in [0.2, 0.25) is 0 Å². The van der Waals surface area contributed by atoms with Crippen LogP contribution in [-0.2, 0) is 56.5 Å². The maximum absolute atomic E-state index is 13.5. The molecule has 0 bridgehead atoms. The van der Waals surface area contributed by atoms with Crippen LogP contribution in [0.4, 0.5) is 26.3 Å². The summed E-state index contributed by atoms with van der Waals surface area (Å²) in [6, 6.07) is 7.73. The molecule has 0 radical (unpaired) electrons. The second-order valence-electron chi connectivity index (χ2n) is 12.0. The molecule has 15 heteroatoms. The van der Waals surface area contributed by atoms with Crippen molar-refractivity contribution in [2.75, 3.05) is 25.3 Å². The Kier molecular flexibility index (Phi) is 16.9. The molecular formula is C38H48F6N4O3S2. The molecule has 2 aromatic carbocycles. The molecule has 0 aliphatic rings. The minimum absolute atomic E-state index is 0.103. The summed E-state index contributed by atoms with van der Waals surface area (Å²) in [5, 5.41) is 7.36. The van der Waals surface area contributed by atoms with Crippen LogP contribution in [0, 0.1) is 0 Å². The van der Waals surface area contributed by atoms with Gasteiger partial charge in [-0.2, -0.15) is 48.3 Å². The Bertz CT molecular complexity index is 1820. The average molecular weight is 787 g/mol. The number of carbonyl (C=O) groups is 2. The number of rotatable bonds is 13. The number of benzene rings is 2. The third-order valence-electron chi connectivity index (χ3n) is 8.58. The highest BCUT2D eigenvalue weighted by atomic mass is 32.2. The molecule has 3 aromatic rings. The maximum atomic E-state index is 13.5. The molecule has 0 aliphatic heterocycles. The molecule has 292 valence electrons. The van der Waals surface area contributed by atoms with E-state index < -0.39 is 46.8 Å². The van der Waals surface area contributed by atoms with Gasteiger partial charge < -0.3 is 0 Å². The topological polar surface area (TPSA) is 84.6 Å². The van der Waals surface area contributed by atoms with Crippen LogP contribution < -0.4 is 5.56 Å². The standard InChI is InChI=1S/C19H25F3N2O2S.C19H23F3N2OS/c1-6-12-9-13(7-2)16(14(8-3)10-12)17(25)18(26)24(4)23-15(11-27-5)19(20,21)22;1-6-11-9-12(7-2)14(13(8-3)10-11)15-16(26-5)17(19(20,21)22)23-24(4)18(15)25/h9-10H,6-8,11H2,1-5H3;9-10H,6-8H2,1-5H3. The molecule has 1 heterocycles. The maximum Gasteiger partial charge on any atom is 0.436 e. The fourth-order valence-corrected chi connectivity index (χ4v) is 7.06. The summed E-state index contributed by atoms with van der Waals surface area (Å²) < 4.78 is 80.4. The largest absolute Gasteiger partial charge is 0.436 e. The monoisotopic (exact) mass is 786 g/mol. The van der Waals surface area contributed by atoms with Gasteiger partial charge in [0.25, 0.3) is 11.3 Å². The summed E-state index contributed by atoms with van der Waals surface area (Å²) in [6.45, 7) is 11.7. The Balaban J connectivity index is 0.000000367. The lowest BCUT2D eigenvalue weighted by Crippen LogP contribution is -2.35. The number of aromatic nitrogens is 2. The highest BCUT2D eigenvalue weighted by Crippen LogP contribution is 2.41. The molecule has 53 heavy (non-hydrogen) atoms. The number of halogens is 6. The first-order chi connectivity index (χ1) is 24.8. The van der Waals surface area contributed by atoms with Crippen LogP contribution >= 0.6 is 23.5 Å².